The summed E-state index contributed by atoms with van der Waals surface area (Å²) >= 11 is 4.75. The van der Waals surface area contributed by atoms with Gasteiger partial charge in [0.05, 0.1) is 11.9 Å². The summed E-state index contributed by atoms with van der Waals surface area (Å²) in [5.41, 5.74) is 6.12. The van der Waals surface area contributed by atoms with Crippen LogP contribution in [0.1, 0.15) is 10.5 Å². The van der Waals surface area contributed by atoms with E-state index in [0.717, 1.165) is 0 Å². The Kier molecular flexibility index (Phi) is 4.56. The lowest BCUT2D eigenvalue weighted by Crippen LogP contribution is -2.19. The highest BCUT2D eigenvalue weighted by Crippen LogP contribution is 2.24. The molecule has 1 heterocycles. The third-order valence-corrected chi connectivity index (χ3v) is 2.42. The average molecular weight is 288 g/mol. The number of ether oxygens (including phenoxy) is 1. The topological polar surface area (TPSA) is 90.1 Å². The Morgan fingerprint density at radius 1 is 1.35 bits per heavy atom. The molecule has 1 aromatic carbocycles. The van der Waals surface area contributed by atoms with Crippen molar-refractivity contribution in [3.63, 3.8) is 0 Å². The molecular weight excluding hydrogens is 276 g/mol. The maximum absolute atomic E-state index is 12.0. The first-order chi connectivity index (χ1) is 9.66. The van der Waals surface area contributed by atoms with Gasteiger partial charge in [0.2, 0.25) is 0 Å². The van der Waals surface area contributed by atoms with Crippen LogP contribution in [0.3, 0.4) is 0 Å². The molecule has 20 heavy (non-hydrogen) atoms. The van der Waals surface area contributed by atoms with Crippen LogP contribution in [0.2, 0.25) is 0 Å². The van der Waals surface area contributed by atoms with Crippen LogP contribution in [-0.2, 0) is 0 Å². The van der Waals surface area contributed by atoms with Gasteiger partial charge >= 0.3 is 0 Å². The van der Waals surface area contributed by atoms with E-state index in [1.54, 1.807) is 24.3 Å². The summed E-state index contributed by atoms with van der Waals surface area (Å²) in [7, 11) is 0. The predicted molar refractivity (Wildman–Crippen MR) is 78.7 cm³/mol. The lowest BCUT2D eigenvalue weighted by Gasteiger charge is -2.11. The van der Waals surface area contributed by atoms with Crippen LogP contribution in [0.4, 0.5) is 5.69 Å². The first kappa shape index (κ1) is 13.9. The molecule has 6 nitrogen and oxygen atoms in total. The molecule has 0 saturated carbocycles. The standard InChI is InChI=1S/C13H12N4O2S/c14-12(20)8-19-11-4-2-1-3-9(11)17-13(18)10-7-15-5-6-16-10/h1-7H,8H2,(H2,14,20)(H,17,18). The maximum atomic E-state index is 12.0. The third kappa shape index (κ3) is 3.72. The molecule has 2 rings (SSSR count). The van der Waals surface area contributed by atoms with Gasteiger partial charge in [-0.3, -0.25) is 9.78 Å². The average Bonchev–Trinajstić information content (AvgIpc) is 2.47. The Morgan fingerprint density at radius 3 is 2.85 bits per heavy atom. The summed E-state index contributed by atoms with van der Waals surface area (Å²) in [6, 6.07) is 6.99. The summed E-state index contributed by atoms with van der Waals surface area (Å²) in [6.07, 6.45) is 4.33. The van der Waals surface area contributed by atoms with E-state index in [1.807, 2.05) is 0 Å². The molecule has 7 heteroatoms. The van der Waals surface area contributed by atoms with E-state index >= 15 is 0 Å². The predicted octanol–water partition coefficient (Wildman–Crippen LogP) is 1.39. The van der Waals surface area contributed by atoms with Crippen molar-refractivity contribution in [1.29, 1.82) is 0 Å². The number of nitrogens with one attached hydrogen (secondary N) is 1. The van der Waals surface area contributed by atoms with Gasteiger partial charge in [-0.25, -0.2) is 4.98 Å². The lowest BCUT2D eigenvalue weighted by atomic mass is 10.3. The Labute approximate surface area is 121 Å². The zero-order valence-electron chi connectivity index (χ0n) is 10.4. The number of hydrogen-bond acceptors (Lipinski definition) is 5. The summed E-state index contributed by atoms with van der Waals surface area (Å²) < 4.78 is 5.42. The number of thiocarbonyl (C=S) groups is 1. The highest BCUT2D eigenvalue weighted by Gasteiger charge is 2.10. The van der Waals surface area contributed by atoms with Crippen LogP contribution in [0.5, 0.6) is 5.75 Å². The van der Waals surface area contributed by atoms with Crippen LogP contribution >= 0.6 is 12.2 Å². The molecule has 0 radical (unpaired) electrons. The number of carbonyl (C=O) groups is 1. The van der Waals surface area contributed by atoms with Crippen molar-refractivity contribution in [3.05, 3.63) is 48.5 Å². The fourth-order valence-corrected chi connectivity index (χ4v) is 1.51. The van der Waals surface area contributed by atoms with E-state index in [-0.39, 0.29) is 23.2 Å². The van der Waals surface area contributed by atoms with Crippen molar-refractivity contribution in [1.82, 2.24) is 9.97 Å². The van der Waals surface area contributed by atoms with Crippen molar-refractivity contribution >= 4 is 28.8 Å². The SMILES string of the molecule is NC(=S)COc1ccccc1NC(=O)c1cnccn1. The van der Waals surface area contributed by atoms with E-state index < -0.39 is 0 Å². The first-order valence-electron chi connectivity index (χ1n) is 5.74. The fourth-order valence-electron chi connectivity index (χ4n) is 1.45. The van der Waals surface area contributed by atoms with Crippen LogP contribution < -0.4 is 15.8 Å². The zero-order valence-corrected chi connectivity index (χ0v) is 11.3. The molecule has 0 fully saturated rings. The molecule has 0 aliphatic carbocycles. The van der Waals surface area contributed by atoms with Gasteiger partial charge in [-0.15, -0.1) is 0 Å². The molecule has 102 valence electrons. The maximum Gasteiger partial charge on any atom is 0.275 e. The van der Waals surface area contributed by atoms with Crippen LogP contribution in [0, 0.1) is 0 Å². The molecule has 0 spiro atoms. The van der Waals surface area contributed by atoms with E-state index in [2.05, 4.69) is 15.3 Å². The molecule has 0 aliphatic rings. The van der Waals surface area contributed by atoms with Crippen molar-refractivity contribution in [2.24, 2.45) is 5.73 Å². The minimum atomic E-state index is -0.371. The summed E-state index contributed by atoms with van der Waals surface area (Å²) in [6.45, 7) is 0.105. The lowest BCUT2D eigenvalue weighted by molar-refractivity contribution is 0.102. The van der Waals surface area contributed by atoms with Gasteiger partial charge in [-0.05, 0) is 12.1 Å². The normalized spacial score (nSPS) is 9.80. The van der Waals surface area contributed by atoms with Gasteiger partial charge in [-0.1, -0.05) is 24.4 Å². The van der Waals surface area contributed by atoms with Crippen molar-refractivity contribution in [3.8, 4) is 5.75 Å². The molecule has 1 aromatic heterocycles. The molecule has 1 amide bonds. The number of benzene rings is 1. The van der Waals surface area contributed by atoms with Crippen molar-refractivity contribution < 1.29 is 9.53 Å². The summed E-state index contributed by atoms with van der Waals surface area (Å²) in [5.74, 6) is 0.113. The minimum absolute atomic E-state index is 0.105. The van der Waals surface area contributed by atoms with Gasteiger partial charge < -0.3 is 15.8 Å². The number of para-hydroxylation sites is 2. The monoisotopic (exact) mass is 288 g/mol. The number of nitrogens with two attached hydrogens (primary N) is 1. The second-order valence-electron chi connectivity index (χ2n) is 3.80. The number of rotatable bonds is 5. The molecular formula is C13H12N4O2S. The second-order valence-corrected chi connectivity index (χ2v) is 4.32. The van der Waals surface area contributed by atoms with Gasteiger partial charge in [0.25, 0.3) is 5.91 Å². The smallest absolute Gasteiger partial charge is 0.275 e. The number of aromatic nitrogens is 2. The number of carbonyl (C=O) groups excluding carboxylic acids is 1. The van der Waals surface area contributed by atoms with Gasteiger partial charge in [0.1, 0.15) is 23.0 Å². The number of nitrogens with zero attached hydrogens (tertiary/aromatic N) is 2. The van der Waals surface area contributed by atoms with Crippen LogP contribution in [0.25, 0.3) is 0 Å². The molecule has 0 saturated heterocycles. The Balaban J connectivity index is 2.13. The van der Waals surface area contributed by atoms with E-state index in [0.29, 0.717) is 11.4 Å². The summed E-state index contributed by atoms with van der Waals surface area (Å²) in [5, 5.41) is 2.70. The summed E-state index contributed by atoms with van der Waals surface area (Å²) in [4.78, 5) is 20.0. The molecule has 2 aromatic rings. The van der Waals surface area contributed by atoms with Crippen LogP contribution in [-0.4, -0.2) is 27.5 Å². The van der Waals surface area contributed by atoms with E-state index in [4.69, 9.17) is 22.7 Å². The second kappa shape index (κ2) is 6.58. The minimum Gasteiger partial charge on any atom is -0.484 e. The molecule has 0 atom stereocenters. The van der Waals surface area contributed by atoms with Gasteiger partial charge in [0.15, 0.2) is 0 Å². The van der Waals surface area contributed by atoms with Crippen molar-refractivity contribution in [2.45, 2.75) is 0 Å². The Morgan fingerprint density at radius 2 is 2.15 bits per heavy atom. The number of hydrogen-bond donors (Lipinski definition) is 2. The zero-order chi connectivity index (χ0) is 14.4. The molecule has 0 unspecified atom stereocenters. The Bertz CT molecular complexity index is 619. The van der Waals surface area contributed by atoms with Crippen LogP contribution in [0.15, 0.2) is 42.9 Å². The van der Waals surface area contributed by atoms with Gasteiger partial charge in [0, 0.05) is 12.4 Å². The fraction of sp³-hybridized carbons (Fsp3) is 0.0769. The largest absolute Gasteiger partial charge is 0.484 e. The number of amides is 1. The third-order valence-electron chi connectivity index (χ3n) is 2.30. The first-order valence-corrected chi connectivity index (χ1v) is 6.15. The quantitative estimate of drug-likeness (QED) is 0.808. The van der Waals surface area contributed by atoms with E-state index in [1.165, 1.54) is 18.6 Å². The van der Waals surface area contributed by atoms with Crippen molar-refractivity contribution in [2.75, 3.05) is 11.9 Å². The van der Waals surface area contributed by atoms with E-state index in [9.17, 15) is 4.79 Å². The molecule has 0 bridgehead atoms. The highest BCUT2D eigenvalue weighted by molar-refractivity contribution is 7.80. The van der Waals surface area contributed by atoms with Gasteiger partial charge in [-0.2, -0.15) is 0 Å². The molecule has 3 N–H and O–H groups in total. The highest BCUT2D eigenvalue weighted by atomic mass is 32.1. The number of anilines is 1. The Hall–Kier alpha value is -2.54. The molecule has 0 aliphatic heterocycles.